The van der Waals surface area contributed by atoms with Gasteiger partial charge in [-0.3, -0.25) is 0 Å². The molecular weight excluding hydrogens is 447 g/mol. The summed E-state index contributed by atoms with van der Waals surface area (Å²) in [6, 6.07) is 11.6. The van der Waals surface area contributed by atoms with Crippen LogP contribution in [0.25, 0.3) is 0 Å². The molecule has 1 aliphatic rings. The van der Waals surface area contributed by atoms with Crippen LogP contribution in [0.2, 0.25) is 0 Å². The first-order valence-corrected chi connectivity index (χ1v) is 8.55. The van der Waals surface area contributed by atoms with Crippen LogP contribution < -0.4 is 9.47 Å². The smallest absolute Gasteiger partial charge is 0.162 e. The molecule has 1 N–H and O–H groups in total. The number of benzene rings is 2. The van der Waals surface area contributed by atoms with Crippen molar-refractivity contribution in [3.8, 4) is 11.5 Å². The fourth-order valence-electron chi connectivity index (χ4n) is 2.23. The first kappa shape index (κ1) is 15.1. The van der Waals surface area contributed by atoms with E-state index in [1.807, 2.05) is 36.4 Å². The molecule has 2 aromatic rings. The van der Waals surface area contributed by atoms with E-state index in [4.69, 9.17) is 9.47 Å². The molecule has 0 aromatic heterocycles. The Morgan fingerprint density at radius 1 is 1.05 bits per heavy atom. The van der Waals surface area contributed by atoms with Crippen molar-refractivity contribution in [1.29, 1.82) is 0 Å². The summed E-state index contributed by atoms with van der Waals surface area (Å²) in [7, 11) is 0. The van der Waals surface area contributed by atoms with Gasteiger partial charge < -0.3 is 14.6 Å². The van der Waals surface area contributed by atoms with Crippen LogP contribution in [-0.2, 0) is 0 Å². The highest BCUT2D eigenvalue weighted by atomic mass is 127. The lowest BCUT2D eigenvalue weighted by Crippen LogP contribution is -2.02. The fourth-order valence-corrected chi connectivity index (χ4v) is 3.13. The third-order valence-corrected chi connectivity index (χ3v) is 4.75. The van der Waals surface area contributed by atoms with Crippen LogP contribution in [-0.4, -0.2) is 18.3 Å². The van der Waals surface area contributed by atoms with Gasteiger partial charge in [0.25, 0.3) is 0 Å². The van der Waals surface area contributed by atoms with Gasteiger partial charge in [-0.15, -0.1) is 0 Å². The molecule has 1 unspecified atom stereocenters. The summed E-state index contributed by atoms with van der Waals surface area (Å²) in [5.41, 5.74) is 1.63. The average Bonchev–Trinajstić information content (AvgIpc) is 2.71. The van der Waals surface area contributed by atoms with E-state index in [0.29, 0.717) is 19.0 Å². The zero-order valence-corrected chi connectivity index (χ0v) is 14.9. The molecule has 1 heterocycles. The van der Waals surface area contributed by atoms with E-state index in [1.54, 1.807) is 0 Å². The van der Waals surface area contributed by atoms with Crippen LogP contribution in [0.15, 0.2) is 40.9 Å². The highest BCUT2D eigenvalue weighted by Crippen LogP contribution is 2.39. The topological polar surface area (TPSA) is 38.7 Å². The van der Waals surface area contributed by atoms with Crippen LogP contribution in [0.4, 0.5) is 0 Å². The summed E-state index contributed by atoms with van der Waals surface area (Å²) < 4.78 is 13.3. The van der Waals surface area contributed by atoms with E-state index in [1.165, 1.54) is 0 Å². The van der Waals surface area contributed by atoms with Crippen molar-refractivity contribution in [2.45, 2.75) is 12.5 Å². The summed E-state index contributed by atoms with van der Waals surface area (Å²) in [6.45, 7) is 1.28. The van der Waals surface area contributed by atoms with E-state index in [-0.39, 0.29) is 0 Å². The van der Waals surface area contributed by atoms with E-state index < -0.39 is 6.10 Å². The number of rotatable bonds is 2. The molecule has 3 nitrogen and oxygen atoms in total. The first-order valence-electron chi connectivity index (χ1n) is 6.68. The van der Waals surface area contributed by atoms with Gasteiger partial charge in [0, 0.05) is 20.0 Å². The molecular formula is C16H14BrIO3. The molecule has 2 aromatic carbocycles. The minimum absolute atomic E-state index is 0.633. The largest absolute Gasteiger partial charge is 0.490 e. The summed E-state index contributed by atoms with van der Waals surface area (Å²) in [6.07, 6.45) is 0.162. The standard InChI is InChI=1S/C16H14BrIO3/c17-13-9-15-14(20-6-1-7-21-15)8-12(13)16(19)10-2-4-11(18)5-3-10/h2-5,8-9,16,19H,1,6-7H2. The second-order valence-electron chi connectivity index (χ2n) is 4.83. The molecule has 0 bridgehead atoms. The van der Waals surface area contributed by atoms with Crippen LogP contribution >= 0.6 is 38.5 Å². The van der Waals surface area contributed by atoms with Gasteiger partial charge in [0.05, 0.1) is 13.2 Å². The molecule has 0 radical (unpaired) electrons. The highest BCUT2D eigenvalue weighted by Gasteiger charge is 2.19. The third kappa shape index (κ3) is 3.35. The van der Waals surface area contributed by atoms with Crippen LogP contribution in [0.1, 0.15) is 23.7 Å². The molecule has 5 heteroatoms. The van der Waals surface area contributed by atoms with Crippen molar-refractivity contribution >= 4 is 38.5 Å². The number of ether oxygens (including phenoxy) is 2. The second kappa shape index (κ2) is 6.54. The molecule has 0 saturated carbocycles. The van der Waals surface area contributed by atoms with Gasteiger partial charge in [-0.1, -0.05) is 28.1 Å². The van der Waals surface area contributed by atoms with E-state index >= 15 is 0 Å². The van der Waals surface area contributed by atoms with Crippen molar-refractivity contribution in [1.82, 2.24) is 0 Å². The molecule has 0 saturated heterocycles. The SMILES string of the molecule is OC(c1ccc(I)cc1)c1cc2c(cc1Br)OCCCO2. The first-order chi connectivity index (χ1) is 10.1. The van der Waals surface area contributed by atoms with Gasteiger partial charge in [-0.25, -0.2) is 0 Å². The lowest BCUT2D eigenvalue weighted by atomic mass is 10.0. The predicted octanol–water partition coefficient (Wildman–Crippen LogP) is 4.30. The zero-order valence-electron chi connectivity index (χ0n) is 11.2. The summed E-state index contributed by atoms with van der Waals surface area (Å²) in [4.78, 5) is 0. The summed E-state index contributed by atoms with van der Waals surface area (Å²) >= 11 is 5.76. The van der Waals surface area contributed by atoms with Crippen molar-refractivity contribution in [2.24, 2.45) is 0 Å². The Labute approximate surface area is 145 Å². The van der Waals surface area contributed by atoms with Crippen molar-refractivity contribution in [3.05, 3.63) is 55.6 Å². The summed E-state index contributed by atoms with van der Waals surface area (Å²) in [5, 5.41) is 10.6. The molecule has 1 atom stereocenters. The fraction of sp³-hybridized carbons (Fsp3) is 0.250. The molecule has 0 spiro atoms. The molecule has 21 heavy (non-hydrogen) atoms. The van der Waals surface area contributed by atoms with Gasteiger partial charge in [0.15, 0.2) is 11.5 Å². The maximum absolute atomic E-state index is 10.6. The average molecular weight is 461 g/mol. The predicted molar refractivity (Wildman–Crippen MR) is 93.0 cm³/mol. The molecule has 0 aliphatic carbocycles. The monoisotopic (exact) mass is 460 g/mol. The Morgan fingerprint density at radius 2 is 1.67 bits per heavy atom. The van der Waals surface area contributed by atoms with E-state index in [0.717, 1.165) is 31.3 Å². The van der Waals surface area contributed by atoms with Gasteiger partial charge in [0.1, 0.15) is 6.10 Å². The lowest BCUT2D eigenvalue weighted by Gasteiger charge is -2.16. The van der Waals surface area contributed by atoms with Gasteiger partial charge in [-0.2, -0.15) is 0 Å². The maximum Gasteiger partial charge on any atom is 0.162 e. The minimum atomic E-state index is -0.700. The van der Waals surface area contributed by atoms with Crippen LogP contribution in [0, 0.1) is 3.57 Å². The molecule has 110 valence electrons. The number of hydrogen-bond donors (Lipinski definition) is 1. The Balaban J connectivity index is 1.97. The highest BCUT2D eigenvalue weighted by molar-refractivity contribution is 14.1. The Hall–Kier alpha value is -0.790. The Bertz CT molecular complexity index is 643. The number of halogens is 2. The number of fused-ring (bicyclic) bond motifs is 1. The van der Waals surface area contributed by atoms with Crippen molar-refractivity contribution in [2.75, 3.05) is 13.2 Å². The second-order valence-corrected chi connectivity index (χ2v) is 6.92. The van der Waals surface area contributed by atoms with Gasteiger partial charge in [-0.05, 0) is 52.4 Å². The molecule has 1 aliphatic heterocycles. The zero-order chi connectivity index (χ0) is 14.8. The van der Waals surface area contributed by atoms with E-state index in [2.05, 4.69) is 38.5 Å². The maximum atomic E-state index is 10.6. The molecule has 3 rings (SSSR count). The van der Waals surface area contributed by atoms with Crippen molar-refractivity contribution in [3.63, 3.8) is 0 Å². The third-order valence-electron chi connectivity index (χ3n) is 3.35. The number of aliphatic hydroxyl groups excluding tert-OH is 1. The Kier molecular flexibility index (Phi) is 4.71. The van der Waals surface area contributed by atoms with Gasteiger partial charge >= 0.3 is 0 Å². The quantitative estimate of drug-likeness (QED) is 0.679. The van der Waals surface area contributed by atoms with Crippen molar-refractivity contribution < 1.29 is 14.6 Å². The number of hydrogen-bond acceptors (Lipinski definition) is 3. The number of aliphatic hydroxyl groups is 1. The lowest BCUT2D eigenvalue weighted by molar-refractivity contribution is 0.218. The van der Waals surface area contributed by atoms with Crippen LogP contribution in [0.3, 0.4) is 0 Å². The van der Waals surface area contributed by atoms with Crippen LogP contribution in [0.5, 0.6) is 11.5 Å². The summed E-state index contributed by atoms with van der Waals surface area (Å²) in [5.74, 6) is 1.41. The molecule has 0 fully saturated rings. The molecule has 0 amide bonds. The minimum Gasteiger partial charge on any atom is -0.490 e. The van der Waals surface area contributed by atoms with Gasteiger partial charge in [0.2, 0.25) is 0 Å². The normalized spacial score (nSPS) is 15.4. The van der Waals surface area contributed by atoms with E-state index in [9.17, 15) is 5.11 Å². The Morgan fingerprint density at radius 3 is 2.33 bits per heavy atom.